The maximum absolute atomic E-state index is 13.5. The van der Waals surface area contributed by atoms with Crippen molar-refractivity contribution in [1.29, 1.82) is 0 Å². The van der Waals surface area contributed by atoms with E-state index in [4.69, 9.17) is 5.73 Å². The van der Waals surface area contributed by atoms with Gasteiger partial charge in [-0.15, -0.1) is 0 Å². The predicted molar refractivity (Wildman–Crippen MR) is 81.4 cm³/mol. The highest BCUT2D eigenvalue weighted by Gasteiger charge is 2.35. The molecule has 1 aromatic rings. The molecule has 0 aliphatic carbocycles. The van der Waals surface area contributed by atoms with Crippen LogP contribution in [0.25, 0.3) is 0 Å². The van der Waals surface area contributed by atoms with Crippen LogP contribution in [0.2, 0.25) is 0 Å². The Bertz CT molecular complexity index is 504. The summed E-state index contributed by atoms with van der Waals surface area (Å²) in [6.45, 7) is 5.37. The smallest absolute Gasteiger partial charge is 0.253 e. The largest absolute Gasteiger partial charge is 0.338 e. The molecule has 19 heavy (non-hydrogen) atoms. The lowest BCUT2D eigenvalue weighted by Crippen LogP contribution is -2.54. The second-order valence-electron chi connectivity index (χ2n) is 5.74. The molecule has 1 amide bonds. The van der Waals surface area contributed by atoms with Gasteiger partial charge in [0.2, 0.25) is 0 Å². The van der Waals surface area contributed by atoms with Crippen LogP contribution < -0.4 is 5.73 Å². The number of amides is 1. The van der Waals surface area contributed by atoms with Gasteiger partial charge in [-0.1, -0.05) is 13.8 Å². The zero-order valence-corrected chi connectivity index (χ0v) is 13.3. The maximum atomic E-state index is 13.5. The lowest BCUT2D eigenvalue weighted by atomic mass is 9.79. The number of halogens is 2. The van der Waals surface area contributed by atoms with E-state index in [1.165, 1.54) is 6.07 Å². The number of nitrogens with two attached hydrogens (primary N) is 1. The van der Waals surface area contributed by atoms with Gasteiger partial charge in [0.25, 0.3) is 5.91 Å². The third-order valence-electron chi connectivity index (χ3n) is 3.77. The number of rotatable bonds is 1. The van der Waals surface area contributed by atoms with Crippen molar-refractivity contribution in [1.82, 2.24) is 4.90 Å². The van der Waals surface area contributed by atoms with E-state index in [-0.39, 0.29) is 23.2 Å². The van der Waals surface area contributed by atoms with Crippen molar-refractivity contribution >= 4 is 28.5 Å². The summed E-state index contributed by atoms with van der Waals surface area (Å²) in [4.78, 5) is 14.1. The van der Waals surface area contributed by atoms with Gasteiger partial charge < -0.3 is 10.6 Å². The Balaban J connectivity index is 2.18. The van der Waals surface area contributed by atoms with Gasteiger partial charge in [-0.3, -0.25) is 4.79 Å². The third kappa shape index (κ3) is 3.08. The Kier molecular flexibility index (Phi) is 4.15. The monoisotopic (exact) mass is 376 g/mol. The van der Waals surface area contributed by atoms with E-state index in [1.54, 1.807) is 17.0 Å². The molecule has 1 aliphatic rings. The van der Waals surface area contributed by atoms with Crippen molar-refractivity contribution in [2.45, 2.75) is 26.3 Å². The molecule has 2 N–H and O–H groups in total. The van der Waals surface area contributed by atoms with E-state index < -0.39 is 0 Å². The standard InChI is InChI=1S/C14H18FIN2O/c1-14(2)8-18(6-5-12(14)17)13(19)9-3-4-11(16)10(15)7-9/h3-4,7,12H,5-6,8,17H2,1-2H3. The summed E-state index contributed by atoms with van der Waals surface area (Å²) in [5.41, 5.74) is 6.36. The number of hydrogen-bond acceptors (Lipinski definition) is 2. The molecule has 1 atom stereocenters. The molecule has 1 saturated heterocycles. The molecule has 1 fully saturated rings. The second kappa shape index (κ2) is 5.36. The van der Waals surface area contributed by atoms with E-state index >= 15 is 0 Å². The van der Waals surface area contributed by atoms with Crippen molar-refractivity contribution in [2.24, 2.45) is 11.1 Å². The van der Waals surface area contributed by atoms with Gasteiger partial charge in [0.15, 0.2) is 0 Å². The van der Waals surface area contributed by atoms with Gasteiger partial charge in [0, 0.05) is 28.3 Å². The highest BCUT2D eigenvalue weighted by Crippen LogP contribution is 2.28. The van der Waals surface area contributed by atoms with Crippen LogP contribution in [0.1, 0.15) is 30.6 Å². The first-order chi connectivity index (χ1) is 8.81. The van der Waals surface area contributed by atoms with Gasteiger partial charge in [-0.2, -0.15) is 0 Å². The number of benzene rings is 1. The highest BCUT2D eigenvalue weighted by atomic mass is 127. The van der Waals surface area contributed by atoms with E-state index in [0.717, 1.165) is 6.42 Å². The number of likely N-dealkylation sites (tertiary alicyclic amines) is 1. The van der Waals surface area contributed by atoms with Crippen LogP contribution >= 0.6 is 22.6 Å². The van der Waals surface area contributed by atoms with Gasteiger partial charge in [0.1, 0.15) is 5.82 Å². The normalized spacial score (nSPS) is 22.4. The van der Waals surface area contributed by atoms with Gasteiger partial charge in [-0.05, 0) is 52.6 Å². The van der Waals surface area contributed by atoms with E-state index in [2.05, 4.69) is 13.8 Å². The minimum absolute atomic E-state index is 0.102. The van der Waals surface area contributed by atoms with Crippen molar-refractivity contribution in [3.63, 3.8) is 0 Å². The summed E-state index contributed by atoms with van der Waals surface area (Å²) in [6.07, 6.45) is 0.783. The summed E-state index contributed by atoms with van der Waals surface area (Å²) in [7, 11) is 0. The average molecular weight is 376 g/mol. The summed E-state index contributed by atoms with van der Waals surface area (Å²) in [5, 5.41) is 0. The fourth-order valence-electron chi connectivity index (χ4n) is 2.36. The molecule has 0 spiro atoms. The Labute approximate surface area is 126 Å². The van der Waals surface area contributed by atoms with Gasteiger partial charge in [-0.25, -0.2) is 4.39 Å². The Hall–Kier alpha value is -0.690. The minimum Gasteiger partial charge on any atom is -0.338 e. The Morgan fingerprint density at radius 3 is 2.79 bits per heavy atom. The summed E-state index contributed by atoms with van der Waals surface area (Å²) in [5.74, 6) is -0.463. The van der Waals surface area contributed by atoms with Crippen molar-refractivity contribution in [3.8, 4) is 0 Å². The fraction of sp³-hybridized carbons (Fsp3) is 0.500. The fourth-order valence-corrected chi connectivity index (χ4v) is 2.69. The average Bonchev–Trinajstić information content (AvgIpc) is 2.35. The topological polar surface area (TPSA) is 46.3 Å². The predicted octanol–water partition coefficient (Wildman–Crippen LogP) is 2.63. The van der Waals surface area contributed by atoms with Gasteiger partial charge >= 0.3 is 0 Å². The lowest BCUT2D eigenvalue weighted by molar-refractivity contribution is 0.0532. The molecule has 0 bridgehead atoms. The van der Waals surface area contributed by atoms with Crippen LogP contribution in [-0.4, -0.2) is 29.9 Å². The molecule has 0 saturated carbocycles. The first-order valence-corrected chi connectivity index (χ1v) is 7.39. The highest BCUT2D eigenvalue weighted by molar-refractivity contribution is 14.1. The summed E-state index contributed by atoms with van der Waals surface area (Å²) < 4.78 is 14.0. The van der Waals surface area contributed by atoms with Gasteiger partial charge in [0.05, 0.1) is 0 Å². The molecule has 1 unspecified atom stereocenters. The minimum atomic E-state index is -0.348. The summed E-state index contributed by atoms with van der Waals surface area (Å²) >= 11 is 1.91. The number of hydrogen-bond donors (Lipinski definition) is 1. The first kappa shape index (κ1) is 14.7. The molecule has 0 radical (unpaired) electrons. The molecule has 1 aromatic carbocycles. The quantitative estimate of drug-likeness (QED) is 0.767. The second-order valence-corrected chi connectivity index (χ2v) is 6.90. The van der Waals surface area contributed by atoms with E-state index in [1.807, 2.05) is 22.6 Å². The zero-order valence-electron chi connectivity index (χ0n) is 11.1. The molecule has 1 heterocycles. The molecule has 3 nitrogen and oxygen atoms in total. The molecular formula is C14H18FIN2O. The number of piperidine rings is 1. The number of carbonyl (C=O) groups excluding carboxylic acids is 1. The maximum Gasteiger partial charge on any atom is 0.253 e. The molecule has 2 rings (SSSR count). The number of nitrogens with zero attached hydrogens (tertiary/aromatic N) is 1. The third-order valence-corrected chi connectivity index (χ3v) is 4.64. The van der Waals surface area contributed by atoms with E-state index in [9.17, 15) is 9.18 Å². The molecule has 1 aliphatic heterocycles. The van der Waals surface area contributed by atoms with E-state index in [0.29, 0.717) is 22.2 Å². The zero-order chi connectivity index (χ0) is 14.2. The Morgan fingerprint density at radius 2 is 2.21 bits per heavy atom. The van der Waals surface area contributed by atoms with Crippen LogP contribution in [0, 0.1) is 14.8 Å². The van der Waals surface area contributed by atoms with Crippen molar-refractivity contribution < 1.29 is 9.18 Å². The van der Waals surface area contributed by atoms with Crippen LogP contribution in [0.3, 0.4) is 0 Å². The number of carbonyl (C=O) groups is 1. The lowest BCUT2D eigenvalue weighted by Gasteiger charge is -2.42. The SMILES string of the molecule is CC1(C)CN(C(=O)c2ccc(I)c(F)c2)CCC1N. The molecule has 0 aromatic heterocycles. The molecular weight excluding hydrogens is 358 g/mol. The van der Waals surface area contributed by atoms with Crippen LogP contribution in [-0.2, 0) is 0 Å². The molecule has 104 valence electrons. The first-order valence-electron chi connectivity index (χ1n) is 6.31. The van der Waals surface area contributed by atoms with Crippen LogP contribution in [0.5, 0.6) is 0 Å². The van der Waals surface area contributed by atoms with Crippen molar-refractivity contribution in [2.75, 3.05) is 13.1 Å². The van der Waals surface area contributed by atoms with Crippen LogP contribution in [0.4, 0.5) is 4.39 Å². The van der Waals surface area contributed by atoms with Crippen molar-refractivity contribution in [3.05, 3.63) is 33.1 Å². The van der Waals surface area contributed by atoms with Crippen LogP contribution in [0.15, 0.2) is 18.2 Å². The molecule has 5 heteroatoms. The summed E-state index contributed by atoms with van der Waals surface area (Å²) in [6, 6.07) is 4.72. The Morgan fingerprint density at radius 1 is 1.53 bits per heavy atom.